The van der Waals surface area contributed by atoms with Crippen LogP contribution in [0.5, 0.6) is 0 Å². The maximum atomic E-state index is 5.97. The van der Waals surface area contributed by atoms with Gasteiger partial charge in [0.05, 0.1) is 0 Å². The van der Waals surface area contributed by atoms with Crippen LogP contribution in [0.15, 0.2) is 30.3 Å². The first-order valence-corrected chi connectivity index (χ1v) is 15.3. The average molecular weight is 282 g/mol. The monoisotopic (exact) mass is 280 g/mol. The molecule has 1 rings (SSSR count). The van der Waals surface area contributed by atoms with Crippen molar-refractivity contribution in [3.63, 3.8) is 0 Å². The number of halogens is 2. The van der Waals surface area contributed by atoms with Crippen molar-refractivity contribution in [3.8, 4) is 0 Å². The zero-order chi connectivity index (χ0) is 8.27. The van der Waals surface area contributed by atoms with Crippen LogP contribution in [0.4, 0.5) is 0 Å². The summed E-state index contributed by atoms with van der Waals surface area (Å²) >= 11 is -1.95. The summed E-state index contributed by atoms with van der Waals surface area (Å²) < 4.78 is 0. The number of benzene rings is 1. The van der Waals surface area contributed by atoms with Gasteiger partial charge in [0, 0.05) is 0 Å². The van der Waals surface area contributed by atoms with Gasteiger partial charge in [0.2, 0.25) is 0 Å². The zero-order valence-corrected chi connectivity index (χ0v) is 11.1. The van der Waals surface area contributed by atoms with E-state index in [2.05, 4.69) is 18.7 Å². The standard InChI is InChI=1S/C7H8Si.2ClH.Zr/c1-8-7-5-3-2-4-6-7;;;/h2-6H,1H3;2*1H;/q;;;+2/p-2. The molecule has 0 spiro atoms. The van der Waals surface area contributed by atoms with Gasteiger partial charge in [-0.25, -0.2) is 0 Å². The number of hydrogen-bond acceptors (Lipinski definition) is 0. The third kappa shape index (κ3) is 3.02. The molecule has 0 atom stereocenters. The van der Waals surface area contributed by atoms with Crippen molar-refractivity contribution in [2.24, 2.45) is 0 Å². The third-order valence-electron chi connectivity index (χ3n) is 1.49. The molecule has 0 aromatic heterocycles. The summed E-state index contributed by atoms with van der Waals surface area (Å²) in [6, 6.07) is 10.4. The maximum absolute atomic E-state index is 5.97. The van der Waals surface area contributed by atoms with E-state index in [-0.39, 0.29) is 0 Å². The molecular weight excluding hydrogens is 274 g/mol. The van der Waals surface area contributed by atoms with Gasteiger partial charge in [-0.15, -0.1) is 0 Å². The Kier molecular flexibility index (Phi) is 4.37. The molecule has 0 amide bonds. The van der Waals surface area contributed by atoms with Crippen LogP contribution in [-0.2, 0) is 18.0 Å². The molecule has 0 unspecified atom stereocenters. The Morgan fingerprint density at radius 1 is 1.18 bits per heavy atom. The van der Waals surface area contributed by atoms with Crippen molar-refractivity contribution in [2.75, 3.05) is 0 Å². The molecule has 0 heterocycles. The minimum absolute atomic E-state index is 0.557. The van der Waals surface area contributed by atoms with Crippen LogP contribution in [0.2, 0.25) is 6.55 Å². The topological polar surface area (TPSA) is 0 Å². The SMILES string of the molecule is C[Si](c1ccccc1)=[Zr]([Cl])[Cl]. The second kappa shape index (κ2) is 4.81. The molecular formula is C7H8Cl2SiZr. The van der Waals surface area contributed by atoms with E-state index in [0.29, 0.717) is 0 Å². The summed E-state index contributed by atoms with van der Waals surface area (Å²) in [5.74, 6) is 0. The van der Waals surface area contributed by atoms with Crippen LogP contribution in [0.3, 0.4) is 0 Å². The average Bonchev–Trinajstić information content (AvgIpc) is 2.05. The first kappa shape index (κ1) is 9.98. The second-order valence-electron chi connectivity index (χ2n) is 2.25. The molecule has 0 aliphatic heterocycles. The van der Waals surface area contributed by atoms with E-state index in [1.165, 1.54) is 5.19 Å². The van der Waals surface area contributed by atoms with Crippen LogP contribution >= 0.6 is 17.0 Å². The van der Waals surface area contributed by atoms with Gasteiger partial charge in [0.25, 0.3) is 0 Å². The molecule has 0 N–H and O–H groups in total. The molecule has 0 fully saturated rings. The Bertz CT molecular complexity index is 267. The summed E-state index contributed by atoms with van der Waals surface area (Å²) in [4.78, 5) is 0. The quantitative estimate of drug-likeness (QED) is 0.694. The second-order valence-corrected chi connectivity index (χ2v) is 23.2. The van der Waals surface area contributed by atoms with E-state index in [1.807, 2.05) is 18.2 Å². The van der Waals surface area contributed by atoms with Gasteiger partial charge < -0.3 is 0 Å². The van der Waals surface area contributed by atoms with Crippen molar-refractivity contribution in [1.82, 2.24) is 0 Å². The fourth-order valence-corrected chi connectivity index (χ4v) is 8.42. The Morgan fingerprint density at radius 3 is 2.18 bits per heavy atom. The van der Waals surface area contributed by atoms with Gasteiger partial charge >= 0.3 is 82.5 Å². The molecule has 0 nitrogen and oxygen atoms in total. The van der Waals surface area contributed by atoms with Crippen molar-refractivity contribution in [1.29, 1.82) is 0 Å². The van der Waals surface area contributed by atoms with E-state index in [4.69, 9.17) is 17.0 Å². The number of hydrogen-bond donors (Lipinski definition) is 0. The fourth-order valence-electron chi connectivity index (χ4n) is 0.797. The van der Waals surface area contributed by atoms with Crippen LogP contribution in [0.1, 0.15) is 0 Å². The van der Waals surface area contributed by atoms with Crippen LogP contribution in [0, 0.1) is 0 Å². The summed E-state index contributed by atoms with van der Waals surface area (Å²) in [5, 5.41) is 1.37. The zero-order valence-electron chi connectivity index (χ0n) is 6.14. The Hall–Kier alpha value is 0.900. The van der Waals surface area contributed by atoms with Gasteiger partial charge in [-0.1, -0.05) is 0 Å². The van der Waals surface area contributed by atoms with Gasteiger partial charge in [0.1, 0.15) is 0 Å². The number of rotatable bonds is 1. The van der Waals surface area contributed by atoms with E-state index < -0.39 is 23.4 Å². The molecule has 11 heavy (non-hydrogen) atoms. The van der Waals surface area contributed by atoms with E-state index in [0.717, 1.165) is 0 Å². The predicted molar refractivity (Wildman–Crippen MR) is 49.4 cm³/mol. The predicted octanol–water partition coefficient (Wildman–Crippen LogP) is 2.44. The Balaban J connectivity index is 3.04. The molecule has 0 aliphatic carbocycles. The van der Waals surface area contributed by atoms with E-state index >= 15 is 0 Å². The molecule has 0 aliphatic rings. The van der Waals surface area contributed by atoms with Crippen LogP contribution in [0.25, 0.3) is 0 Å². The minimum atomic E-state index is -1.95. The van der Waals surface area contributed by atoms with Crippen molar-refractivity contribution < 1.29 is 18.0 Å². The van der Waals surface area contributed by atoms with Gasteiger partial charge in [0.15, 0.2) is 0 Å². The van der Waals surface area contributed by atoms with Crippen molar-refractivity contribution in [3.05, 3.63) is 30.3 Å². The summed E-state index contributed by atoms with van der Waals surface area (Å²) in [6.45, 7) is 2.20. The molecule has 0 radical (unpaired) electrons. The van der Waals surface area contributed by atoms with Crippen molar-refractivity contribution in [2.45, 2.75) is 6.55 Å². The molecule has 0 saturated heterocycles. The van der Waals surface area contributed by atoms with Gasteiger partial charge in [-0.2, -0.15) is 0 Å². The van der Waals surface area contributed by atoms with Crippen LogP contribution in [-0.4, -0.2) is 5.43 Å². The third-order valence-corrected chi connectivity index (χ3v) is 19.6. The molecule has 1 aromatic rings. The molecule has 1 aromatic carbocycles. The van der Waals surface area contributed by atoms with Gasteiger partial charge in [-0.05, 0) is 0 Å². The normalized spacial score (nSPS) is 9.36. The van der Waals surface area contributed by atoms with E-state index in [1.54, 1.807) is 0 Å². The Labute approximate surface area is 81.8 Å². The fraction of sp³-hybridized carbons (Fsp3) is 0.143. The first-order valence-electron chi connectivity index (χ1n) is 3.29. The first-order chi connectivity index (χ1) is 5.22. The van der Waals surface area contributed by atoms with Gasteiger partial charge in [-0.3, -0.25) is 0 Å². The van der Waals surface area contributed by atoms with E-state index in [9.17, 15) is 0 Å². The molecule has 58 valence electrons. The van der Waals surface area contributed by atoms with Crippen LogP contribution < -0.4 is 5.19 Å². The summed E-state index contributed by atoms with van der Waals surface area (Å²) in [7, 11) is 11.9. The molecule has 4 heteroatoms. The summed E-state index contributed by atoms with van der Waals surface area (Å²) in [5.41, 5.74) is -0.557. The molecule has 0 saturated carbocycles. The Morgan fingerprint density at radius 2 is 1.73 bits per heavy atom. The van der Waals surface area contributed by atoms with Crippen molar-refractivity contribution >= 4 is 27.6 Å². The summed E-state index contributed by atoms with van der Waals surface area (Å²) in [6.07, 6.45) is 0. The molecule has 0 bridgehead atoms.